The van der Waals surface area contributed by atoms with Crippen molar-refractivity contribution >= 4 is 22.9 Å². The van der Waals surface area contributed by atoms with E-state index in [1.807, 2.05) is 0 Å². The topological polar surface area (TPSA) is 29.1 Å². The third-order valence-corrected chi connectivity index (χ3v) is 5.54. The summed E-state index contributed by atoms with van der Waals surface area (Å²) in [5, 5.41) is 3.81. The number of fused-ring (bicyclic) bond motifs is 1. The Morgan fingerprint density at radius 2 is 1.67 bits per heavy atom. The number of thiophene rings is 1. The number of halogens is 6. The monoisotopic (exact) mass is 407 g/mol. The number of rotatable bonds is 2. The van der Waals surface area contributed by atoms with E-state index in [0.29, 0.717) is 30.0 Å². The lowest BCUT2D eigenvalue weighted by molar-refractivity contribution is -0.143. The molecule has 2 aromatic rings. The van der Waals surface area contributed by atoms with Gasteiger partial charge in [-0.05, 0) is 48.9 Å². The molecule has 1 N–H and O–H groups in total. The fourth-order valence-electron chi connectivity index (χ4n) is 3.09. The smallest absolute Gasteiger partial charge is 0.322 e. The first kappa shape index (κ1) is 19.7. The first-order valence-corrected chi connectivity index (χ1v) is 9.03. The van der Waals surface area contributed by atoms with Gasteiger partial charge in [0.2, 0.25) is 0 Å². The summed E-state index contributed by atoms with van der Waals surface area (Å²) in [4.78, 5) is 13.5. The van der Waals surface area contributed by atoms with E-state index in [9.17, 15) is 31.1 Å². The van der Waals surface area contributed by atoms with E-state index in [-0.39, 0.29) is 6.07 Å². The molecule has 1 aromatic heterocycles. The Bertz CT molecular complexity index is 835. The van der Waals surface area contributed by atoms with Gasteiger partial charge in [0.15, 0.2) is 0 Å². The number of benzene rings is 1. The van der Waals surface area contributed by atoms with Gasteiger partial charge in [0.25, 0.3) is 5.91 Å². The van der Waals surface area contributed by atoms with Crippen LogP contribution in [0.25, 0.3) is 0 Å². The lowest BCUT2D eigenvalue weighted by atomic mass is 9.88. The Kier molecular flexibility index (Phi) is 5.00. The fourth-order valence-corrected chi connectivity index (χ4v) is 4.34. The first-order chi connectivity index (χ1) is 12.4. The summed E-state index contributed by atoms with van der Waals surface area (Å²) in [6.45, 7) is 2.09. The molecule has 0 radical (unpaired) electrons. The zero-order chi connectivity index (χ0) is 20.0. The third-order valence-electron chi connectivity index (χ3n) is 4.49. The number of hydrogen-bond acceptors (Lipinski definition) is 2. The van der Waals surface area contributed by atoms with Gasteiger partial charge in [-0.25, -0.2) is 0 Å². The number of hydrogen-bond donors (Lipinski definition) is 1. The van der Waals surface area contributed by atoms with Crippen molar-refractivity contribution in [3.63, 3.8) is 0 Å². The average molecular weight is 407 g/mol. The highest BCUT2D eigenvalue weighted by molar-refractivity contribution is 7.10. The van der Waals surface area contributed by atoms with Gasteiger partial charge in [-0.3, -0.25) is 4.79 Å². The van der Waals surface area contributed by atoms with Crippen LogP contribution in [0, 0.1) is 5.92 Å². The molecular formula is C18H15F6NOS. The van der Waals surface area contributed by atoms with Crippen LogP contribution in [-0.4, -0.2) is 5.91 Å². The Labute approximate surface area is 155 Å². The van der Waals surface area contributed by atoms with Crippen LogP contribution < -0.4 is 5.32 Å². The number of carbonyl (C=O) groups is 1. The second-order valence-electron chi connectivity index (χ2n) is 6.65. The van der Waals surface area contributed by atoms with Crippen molar-refractivity contribution in [1.82, 2.24) is 0 Å². The molecule has 1 aliphatic carbocycles. The molecule has 9 heteroatoms. The van der Waals surface area contributed by atoms with E-state index < -0.39 is 35.1 Å². The van der Waals surface area contributed by atoms with Gasteiger partial charge >= 0.3 is 12.4 Å². The number of amides is 1. The van der Waals surface area contributed by atoms with Crippen LogP contribution in [0.2, 0.25) is 0 Å². The van der Waals surface area contributed by atoms with E-state index >= 15 is 0 Å². The molecule has 0 saturated carbocycles. The normalized spacial score (nSPS) is 17.5. The number of anilines is 1. The molecule has 1 aromatic carbocycles. The van der Waals surface area contributed by atoms with Gasteiger partial charge in [0, 0.05) is 15.9 Å². The van der Waals surface area contributed by atoms with Gasteiger partial charge in [-0.1, -0.05) is 6.92 Å². The molecule has 0 aliphatic heterocycles. The molecule has 0 spiro atoms. The summed E-state index contributed by atoms with van der Waals surface area (Å²) in [6, 6.07) is 1.05. The Morgan fingerprint density at radius 3 is 2.22 bits per heavy atom. The summed E-state index contributed by atoms with van der Waals surface area (Å²) in [5.41, 5.74) is -2.32. The summed E-state index contributed by atoms with van der Waals surface area (Å²) in [7, 11) is 0. The van der Waals surface area contributed by atoms with E-state index in [1.54, 1.807) is 5.38 Å². The molecule has 0 fully saturated rings. The van der Waals surface area contributed by atoms with Crippen LogP contribution in [0.4, 0.5) is 32.0 Å². The maximum atomic E-state index is 12.9. The number of carbonyl (C=O) groups excluding carboxylic acids is 1. The molecule has 1 aliphatic rings. The van der Waals surface area contributed by atoms with E-state index in [0.717, 1.165) is 23.3 Å². The lowest BCUT2D eigenvalue weighted by Crippen LogP contribution is -2.18. The SMILES string of the molecule is CC1CCc2c(C(=O)Nc3cc(C(F)(F)F)cc(C(F)(F)F)c3)csc2C1. The van der Waals surface area contributed by atoms with Crippen molar-refractivity contribution < 1.29 is 31.1 Å². The van der Waals surface area contributed by atoms with Crippen LogP contribution in [0.15, 0.2) is 23.6 Å². The lowest BCUT2D eigenvalue weighted by Gasteiger charge is -2.19. The molecule has 2 nitrogen and oxygen atoms in total. The van der Waals surface area contributed by atoms with Gasteiger partial charge in [-0.15, -0.1) is 11.3 Å². The van der Waals surface area contributed by atoms with Crippen LogP contribution >= 0.6 is 11.3 Å². The molecule has 3 rings (SSSR count). The minimum atomic E-state index is -4.96. The maximum Gasteiger partial charge on any atom is 0.416 e. The predicted molar refractivity (Wildman–Crippen MR) is 89.9 cm³/mol. The highest BCUT2D eigenvalue weighted by Gasteiger charge is 2.37. The number of alkyl halides is 6. The van der Waals surface area contributed by atoms with Crippen molar-refractivity contribution in [2.45, 2.75) is 38.5 Å². The molecule has 1 unspecified atom stereocenters. The van der Waals surface area contributed by atoms with Crippen LogP contribution in [-0.2, 0) is 25.2 Å². The summed E-state index contributed by atoms with van der Waals surface area (Å²) >= 11 is 1.39. The molecule has 1 atom stereocenters. The van der Waals surface area contributed by atoms with Crippen LogP contribution in [0.3, 0.4) is 0 Å². The van der Waals surface area contributed by atoms with Crippen molar-refractivity contribution in [2.24, 2.45) is 5.92 Å². The van der Waals surface area contributed by atoms with Crippen molar-refractivity contribution in [1.29, 1.82) is 0 Å². The molecule has 0 bridgehead atoms. The molecular weight excluding hydrogens is 392 g/mol. The number of nitrogens with one attached hydrogen (secondary N) is 1. The third kappa shape index (κ3) is 4.28. The van der Waals surface area contributed by atoms with Crippen LogP contribution in [0.1, 0.15) is 45.3 Å². The van der Waals surface area contributed by atoms with E-state index in [4.69, 9.17) is 0 Å². The van der Waals surface area contributed by atoms with Gasteiger partial charge < -0.3 is 5.32 Å². The molecule has 1 heterocycles. The van der Waals surface area contributed by atoms with Crippen molar-refractivity contribution in [3.8, 4) is 0 Å². The van der Waals surface area contributed by atoms with Gasteiger partial charge in [0.1, 0.15) is 0 Å². The summed E-state index contributed by atoms with van der Waals surface area (Å²) in [5.74, 6) is -0.223. The highest BCUT2D eigenvalue weighted by atomic mass is 32.1. The molecule has 0 saturated heterocycles. The van der Waals surface area contributed by atoms with Crippen molar-refractivity contribution in [2.75, 3.05) is 5.32 Å². The minimum absolute atomic E-state index is 0.0313. The highest BCUT2D eigenvalue weighted by Crippen LogP contribution is 2.38. The second kappa shape index (κ2) is 6.85. The summed E-state index contributed by atoms with van der Waals surface area (Å²) < 4.78 is 77.6. The minimum Gasteiger partial charge on any atom is -0.322 e. The van der Waals surface area contributed by atoms with E-state index in [1.165, 1.54) is 11.3 Å². The molecule has 146 valence electrons. The second-order valence-corrected chi connectivity index (χ2v) is 7.61. The Hall–Kier alpha value is -2.03. The van der Waals surface area contributed by atoms with Gasteiger partial charge in [0.05, 0.1) is 16.7 Å². The zero-order valence-corrected chi connectivity index (χ0v) is 14.9. The first-order valence-electron chi connectivity index (χ1n) is 8.15. The Morgan fingerprint density at radius 1 is 1.07 bits per heavy atom. The Balaban J connectivity index is 1.92. The maximum absolute atomic E-state index is 12.9. The predicted octanol–water partition coefficient (Wildman–Crippen LogP) is 6.16. The van der Waals surface area contributed by atoms with Crippen molar-refractivity contribution in [3.05, 3.63) is 50.7 Å². The largest absolute Gasteiger partial charge is 0.416 e. The quantitative estimate of drug-likeness (QED) is 0.594. The zero-order valence-electron chi connectivity index (χ0n) is 14.1. The van der Waals surface area contributed by atoms with Crippen LogP contribution in [0.5, 0.6) is 0 Å². The molecule has 1 amide bonds. The summed E-state index contributed by atoms with van der Waals surface area (Å²) in [6.07, 6.45) is -7.56. The fraction of sp³-hybridized carbons (Fsp3) is 0.389. The average Bonchev–Trinajstić information content (AvgIpc) is 2.95. The molecule has 27 heavy (non-hydrogen) atoms. The van der Waals surface area contributed by atoms with Gasteiger partial charge in [-0.2, -0.15) is 26.3 Å². The standard InChI is InChI=1S/C18H15F6NOS/c1-9-2-3-13-14(8-27-15(13)4-9)16(26)25-12-6-10(17(19,20)21)5-11(7-12)18(22,23)24/h5-9H,2-4H2,1H3,(H,25,26). The van der Waals surface area contributed by atoms with E-state index in [2.05, 4.69) is 12.2 Å².